The average molecular weight is 471 g/mol. The van der Waals surface area contributed by atoms with Crippen LogP contribution in [-0.4, -0.2) is 29.5 Å². The van der Waals surface area contributed by atoms with Crippen LogP contribution in [0.25, 0.3) is 0 Å². The number of anilines is 2. The summed E-state index contributed by atoms with van der Waals surface area (Å²) in [7, 11) is -3.83. The second-order valence-corrected chi connectivity index (χ2v) is 10.6. The van der Waals surface area contributed by atoms with Crippen molar-refractivity contribution in [2.75, 3.05) is 11.1 Å². The molecule has 7 nitrogen and oxygen atoms in total. The zero-order chi connectivity index (χ0) is 23.3. The molecule has 0 unspecified atom stereocenters. The van der Waals surface area contributed by atoms with Crippen LogP contribution in [0.15, 0.2) is 75.7 Å². The first-order valence-corrected chi connectivity index (χ1v) is 12.6. The molecule has 168 valence electrons. The molecule has 1 amide bonds. The summed E-state index contributed by atoms with van der Waals surface area (Å²) < 4.78 is 25.6. The molecule has 0 aliphatic carbocycles. The van der Waals surface area contributed by atoms with Crippen LogP contribution in [0, 0.1) is 0 Å². The zero-order valence-corrected chi connectivity index (χ0v) is 19.8. The second-order valence-electron chi connectivity index (χ2n) is 7.50. The molecule has 3 rings (SSSR count). The van der Waals surface area contributed by atoms with Gasteiger partial charge in [0.2, 0.25) is 15.7 Å². The number of nitrogens with one attached hydrogen (secondary N) is 1. The van der Waals surface area contributed by atoms with Gasteiger partial charge in [-0.15, -0.1) is 0 Å². The number of carbonyl (C=O) groups is 1. The van der Waals surface area contributed by atoms with E-state index in [4.69, 9.17) is 5.73 Å². The first-order valence-electron chi connectivity index (χ1n) is 10.2. The van der Waals surface area contributed by atoms with Gasteiger partial charge in [-0.3, -0.25) is 4.79 Å². The number of rotatable bonds is 8. The number of carbonyl (C=O) groups excluding carboxylic acids is 1. The van der Waals surface area contributed by atoms with Crippen LogP contribution in [0.3, 0.4) is 0 Å². The molecule has 3 N–H and O–H groups in total. The molecule has 3 aromatic rings. The maximum atomic E-state index is 12.8. The standard InChI is InChI=1S/C23H26N4O3S2/c1-4-19(22(28)26-17-12-10-16(11-13-17)15(2)3)31-23-25-14-20(21(24)27-23)32(29,30)18-8-6-5-7-9-18/h5-15,19H,4H2,1-3H3,(H,26,28)(H2,24,25,27)/t19-/m1/s1. The minimum Gasteiger partial charge on any atom is -0.382 e. The number of amides is 1. The SMILES string of the molecule is CC[C@@H](Sc1ncc(S(=O)(=O)c2ccccc2)c(N)n1)C(=O)Nc1ccc(C(C)C)cc1. The van der Waals surface area contributed by atoms with Crippen molar-refractivity contribution in [2.45, 2.75) is 53.3 Å². The number of thioether (sulfide) groups is 1. The van der Waals surface area contributed by atoms with Crippen molar-refractivity contribution < 1.29 is 13.2 Å². The fraction of sp³-hybridized carbons (Fsp3) is 0.261. The van der Waals surface area contributed by atoms with Crippen molar-refractivity contribution in [3.8, 4) is 0 Å². The molecule has 0 saturated heterocycles. The molecule has 0 saturated carbocycles. The Morgan fingerprint density at radius 2 is 1.75 bits per heavy atom. The van der Waals surface area contributed by atoms with Crippen LogP contribution in [0.2, 0.25) is 0 Å². The molecule has 0 bridgehead atoms. The number of nitrogens with zero attached hydrogens (tertiary/aromatic N) is 2. The highest BCUT2D eigenvalue weighted by Gasteiger charge is 2.24. The molecule has 0 aliphatic rings. The smallest absolute Gasteiger partial charge is 0.237 e. The Morgan fingerprint density at radius 1 is 1.09 bits per heavy atom. The lowest BCUT2D eigenvalue weighted by Crippen LogP contribution is -2.25. The molecular formula is C23H26N4O3S2. The Balaban J connectivity index is 1.74. The molecule has 0 fully saturated rings. The monoisotopic (exact) mass is 470 g/mol. The Hall–Kier alpha value is -2.91. The minimum atomic E-state index is -3.83. The molecule has 0 radical (unpaired) electrons. The summed E-state index contributed by atoms with van der Waals surface area (Å²) in [4.78, 5) is 21.0. The van der Waals surface area contributed by atoms with Crippen molar-refractivity contribution >= 4 is 39.0 Å². The summed E-state index contributed by atoms with van der Waals surface area (Å²) in [6, 6.07) is 15.7. The third kappa shape index (κ3) is 5.46. The normalized spacial score (nSPS) is 12.5. The van der Waals surface area contributed by atoms with Crippen LogP contribution >= 0.6 is 11.8 Å². The van der Waals surface area contributed by atoms with Gasteiger partial charge < -0.3 is 11.1 Å². The molecule has 32 heavy (non-hydrogen) atoms. The molecule has 1 heterocycles. The maximum absolute atomic E-state index is 12.8. The number of benzene rings is 2. The lowest BCUT2D eigenvalue weighted by atomic mass is 10.0. The highest BCUT2D eigenvalue weighted by atomic mass is 32.2. The fourth-order valence-electron chi connectivity index (χ4n) is 2.98. The quantitative estimate of drug-likeness (QED) is 0.367. The lowest BCUT2D eigenvalue weighted by molar-refractivity contribution is -0.115. The lowest BCUT2D eigenvalue weighted by Gasteiger charge is -2.15. The topological polar surface area (TPSA) is 115 Å². The highest BCUT2D eigenvalue weighted by Crippen LogP contribution is 2.29. The van der Waals surface area contributed by atoms with E-state index in [0.29, 0.717) is 18.0 Å². The van der Waals surface area contributed by atoms with Gasteiger partial charge in [-0.2, -0.15) is 0 Å². The van der Waals surface area contributed by atoms with E-state index in [1.165, 1.54) is 23.9 Å². The van der Waals surface area contributed by atoms with Crippen LogP contribution < -0.4 is 11.1 Å². The van der Waals surface area contributed by atoms with Gasteiger partial charge in [0.1, 0.15) is 10.7 Å². The number of nitrogens with two attached hydrogens (primary N) is 1. The van der Waals surface area contributed by atoms with Gasteiger partial charge in [-0.05, 0) is 42.2 Å². The molecule has 9 heteroatoms. The van der Waals surface area contributed by atoms with Gasteiger partial charge in [0, 0.05) is 5.69 Å². The molecule has 1 aromatic heterocycles. The van der Waals surface area contributed by atoms with E-state index >= 15 is 0 Å². The Morgan fingerprint density at radius 3 is 2.31 bits per heavy atom. The summed E-state index contributed by atoms with van der Waals surface area (Å²) in [6.45, 7) is 6.11. The van der Waals surface area contributed by atoms with Crippen molar-refractivity contribution in [1.82, 2.24) is 9.97 Å². The van der Waals surface area contributed by atoms with Crippen LogP contribution in [0.1, 0.15) is 38.7 Å². The van der Waals surface area contributed by atoms with Gasteiger partial charge in [0.05, 0.1) is 16.3 Å². The van der Waals surface area contributed by atoms with E-state index in [1.54, 1.807) is 18.2 Å². The Bertz CT molecular complexity index is 1180. The molecule has 1 atom stereocenters. The minimum absolute atomic E-state index is 0.116. The number of hydrogen-bond donors (Lipinski definition) is 2. The van der Waals surface area contributed by atoms with Crippen molar-refractivity contribution in [3.05, 3.63) is 66.4 Å². The van der Waals surface area contributed by atoms with Gasteiger partial charge in [0.25, 0.3) is 0 Å². The van der Waals surface area contributed by atoms with E-state index in [1.807, 2.05) is 31.2 Å². The van der Waals surface area contributed by atoms with Gasteiger partial charge in [-0.25, -0.2) is 18.4 Å². The predicted octanol–water partition coefficient (Wildman–Crippen LogP) is 4.52. The van der Waals surface area contributed by atoms with Crippen molar-refractivity contribution in [1.29, 1.82) is 0 Å². The first kappa shape index (κ1) is 23.7. The number of nitrogen functional groups attached to an aromatic ring is 1. The largest absolute Gasteiger partial charge is 0.382 e. The molecule has 0 spiro atoms. The molecule has 2 aromatic carbocycles. The fourth-order valence-corrected chi connectivity index (χ4v) is 5.11. The summed E-state index contributed by atoms with van der Waals surface area (Å²) >= 11 is 1.14. The van der Waals surface area contributed by atoms with E-state index in [2.05, 4.69) is 29.1 Å². The van der Waals surface area contributed by atoms with Crippen LogP contribution in [-0.2, 0) is 14.6 Å². The first-order chi connectivity index (χ1) is 15.2. The summed E-state index contributed by atoms with van der Waals surface area (Å²) in [5.74, 6) is 0.0822. The van der Waals surface area contributed by atoms with Gasteiger partial charge in [-0.1, -0.05) is 62.9 Å². The predicted molar refractivity (Wildman–Crippen MR) is 127 cm³/mol. The maximum Gasteiger partial charge on any atom is 0.237 e. The third-order valence-corrected chi connectivity index (χ3v) is 7.89. The number of hydrogen-bond acceptors (Lipinski definition) is 7. The summed E-state index contributed by atoms with van der Waals surface area (Å²) in [5.41, 5.74) is 7.86. The van der Waals surface area contributed by atoms with Gasteiger partial charge >= 0.3 is 0 Å². The summed E-state index contributed by atoms with van der Waals surface area (Å²) in [6.07, 6.45) is 1.73. The highest BCUT2D eigenvalue weighted by molar-refractivity contribution is 8.00. The number of sulfone groups is 1. The van der Waals surface area contributed by atoms with Crippen molar-refractivity contribution in [2.24, 2.45) is 0 Å². The van der Waals surface area contributed by atoms with Gasteiger partial charge in [0.15, 0.2) is 5.16 Å². The van der Waals surface area contributed by atoms with E-state index in [0.717, 1.165) is 11.8 Å². The van der Waals surface area contributed by atoms with E-state index in [9.17, 15) is 13.2 Å². The second kappa shape index (κ2) is 10.1. The molecular weight excluding hydrogens is 444 g/mol. The van der Waals surface area contributed by atoms with Crippen molar-refractivity contribution in [3.63, 3.8) is 0 Å². The Kier molecular flexibility index (Phi) is 7.52. The van der Waals surface area contributed by atoms with E-state index < -0.39 is 15.1 Å². The zero-order valence-electron chi connectivity index (χ0n) is 18.1. The third-order valence-electron chi connectivity index (χ3n) is 4.86. The molecule has 0 aliphatic heterocycles. The average Bonchev–Trinajstić information content (AvgIpc) is 2.78. The number of aromatic nitrogens is 2. The van der Waals surface area contributed by atoms with Crippen LogP contribution in [0.5, 0.6) is 0 Å². The summed E-state index contributed by atoms with van der Waals surface area (Å²) in [5, 5.41) is 2.69. The van der Waals surface area contributed by atoms with Crippen LogP contribution in [0.4, 0.5) is 11.5 Å². The Labute approximate surface area is 192 Å². The van der Waals surface area contributed by atoms with E-state index in [-0.39, 0.29) is 26.7 Å².